The number of hydrogen-bond donors (Lipinski definition) is 0. The van der Waals surface area contributed by atoms with Crippen LogP contribution in [0.5, 0.6) is 0 Å². The van der Waals surface area contributed by atoms with Crippen LogP contribution in [0, 0.1) is 64.1 Å². The molecule has 4 aliphatic carbocycles. The molecule has 1 heteroatoms. The van der Waals surface area contributed by atoms with E-state index in [4.69, 9.17) is 0 Å². The Bertz CT molecular complexity index is 691. The molecule has 0 aromatic carbocycles. The third-order valence-electron chi connectivity index (χ3n) is 11.7. The molecule has 176 valence electrons. The summed E-state index contributed by atoms with van der Waals surface area (Å²) in [4.78, 5) is 12.5. The maximum Gasteiger partial charge on any atom is 0.136 e. The molecule has 31 heavy (non-hydrogen) atoms. The van der Waals surface area contributed by atoms with Crippen LogP contribution in [-0.4, -0.2) is 5.78 Å². The Morgan fingerprint density at radius 3 is 2.26 bits per heavy atom. The summed E-state index contributed by atoms with van der Waals surface area (Å²) < 4.78 is 0. The van der Waals surface area contributed by atoms with Crippen LogP contribution in [0.2, 0.25) is 0 Å². The summed E-state index contributed by atoms with van der Waals surface area (Å²) in [7, 11) is 0. The molecule has 0 aromatic heterocycles. The Balaban J connectivity index is 1.51. The monoisotopic (exact) mass is 426 g/mol. The molecule has 4 saturated carbocycles. The summed E-state index contributed by atoms with van der Waals surface area (Å²) >= 11 is 0. The molecule has 0 radical (unpaired) electrons. The highest BCUT2D eigenvalue weighted by Crippen LogP contribution is 2.68. The zero-order valence-electron chi connectivity index (χ0n) is 21.6. The summed E-state index contributed by atoms with van der Waals surface area (Å²) in [6.07, 6.45) is 16.9. The zero-order chi connectivity index (χ0) is 22.6. The minimum absolute atomic E-state index is 0.307. The van der Waals surface area contributed by atoms with Crippen molar-refractivity contribution in [2.24, 2.45) is 64.1 Å². The summed E-state index contributed by atoms with van der Waals surface area (Å²) in [6.45, 7) is 17.1. The highest BCUT2D eigenvalue weighted by atomic mass is 16.1. The molecule has 0 N–H and O–H groups in total. The molecule has 10 atom stereocenters. The second-order valence-corrected chi connectivity index (χ2v) is 13.1. The number of carbonyl (C=O) groups excluding carboxylic acids is 1. The lowest BCUT2D eigenvalue weighted by molar-refractivity contribution is -0.150. The number of fused-ring (bicyclic) bond motifs is 5. The van der Waals surface area contributed by atoms with Crippen molar-refractivity contribution < 1.29 is 4.79 Å². The molecule has 0 bridgehead atoms. The van der Waals surface area contributed by atoms with E-state index in [1.807, 2.05) is 0 Å². The van der Waals surface area contributed by atoms with Crippen LogP contribution in [0.1, 0.15) is 106 Å². The number of ketones is 1. The minimum atomic E-state index is 0.307. The molecule has 4 fully saturated rings. The van der Waals surface area contributed by atoms with E-state index in [1.165, 1.54) is 51.4 Å². The lowest BCUT2D eigenvalue weighted by Crippen LogP contribution is -2.55. The number of allylic oxidation sites excluding steroid dienone is 2. The van der Waals surface area contributed by atoms with Crippen LogP contribution in [0.15, 0.2) is 12.2 Å². The number of rotatable bonds is 5. The van der Waals surface area contributed by atoms with E-state index in [1.54, 1.807) is 0 Å². The van der Waals surface area contributed by atoms with Gasteiger partial charge in [0.2, 0.25) is 0 Å². The van der Waals surface area contributed by atoms with Crippen LogP contribution < -0.4 is 0 Å². The predicted molar refractivity (Wildman–Crippen MR) is 132 cm³/mol. The number of carbonyl (C=O) groups is 1. The van der Waals surface area contributed by atoms with Gasteiger partial charge in [0, 0.05) is 12.3 Å². The van der Waals surface area contributed by atoms with Crippen molar-refractivity contribution in [2.75, 3.05) is 0 Å². The number of Topliss-reactive ketones (excluding diaryl/α,β-unsaturated/α-hetero) is 1. The van der Waals surface area contributed by atoms with Gasteiger partial charge in [-0.05, 0) is 110 Å². The van der Waals surface area contributed by atoms with Gasteiger partial charge in [-0.3, -0.25) is 4.79 Å². The van der Waals surface area contributed by atoms with E-state index in [-0.39, 0.29) is 0 Å². The third-order valence-corrected chi connectivity index (χ3v) is 11.7. The smallest absolute Gasteiger partial charge is 0.136 e. The molecule has 0 saturated heterocycles. The average Bonchev–Trinajstić information content (AvgIpc) is 3.08. The molecular weight excluding hydrogens is 376 g/mol. The van der Waals surface area contributed by atoms with Gasteiger partial charge in [-0.25, -0.2) is 0 Å². The normalized spacial score (nSPS) is 47.2. The van der Waals surface area contributed by atoms with Gasteiger partial charge >= 0.3 is 0 Å². The highest BCUT2D eigenvalue weighted by Gasteiger charge is 2.61. The van der Waals surface area contributed by atoms with E-state index in [0.29, 0.717) is 34.4 Å². The Kier molecular flexibility index (Phi) is 6.57. The van der Waals surface area contributed by atoms with Gasteiger partial charge in [0.1, 0.15) is 5.78 Å². The van der Waals surface area contributed by atoms with E-state index >= 15 is 0 Å². The molecule has 0 aliphatic heterocycles. The van der Waals surface area contributed by atoms with Gasteiger partial charge in [0.05, 0.1) is 0 Å². The van der Waals surface area contributed by atoms with Crippen LogP contribution in [0.25, 0.3) is 0 Å². The van der Waals surface area contributed by atoms with Gasteiger partial charge in [0.15, 0.2) is 0 Å². The summed E-state index contributed by atoms with van der Waals surface area (Å²) in [6, 6.07) is 0. The van der Waals surface area contributed by atoms with Crippen LogP contribution in [0.4, 0.5) is 0 Å². The first kappa shape index (κ1) is 23.6. The first-order chi connectivity index (χ1) is 14.6. The molecule has 10 unspecified atom stereocenters. The maximum absolute atomic E-state index is 12.5. The van der Waals surface area contributed by atoms with Crippen molar-refractivity contribution in [3.8, 4) is 0 Å². The standard InChI is InChI=1S/C30H50O/c1-8-22(19(2)3)10-9-20(4)24-13-14-26-23-11-12-25-21(5)28(31)16-18-30(25,7)27(23)15-17-29(24,26)6/h9-10,19-27H,8,11-18H2,1-7H3/b10-9+. The topological polar surface area (TPSA) is 17.1 Å². The number of hydrogen-bond acceptors (Lipinski definition) is 1. The largest absolute Gasteiger partial charge is 0.299 e. The summed E-state index contributed by atoms with van der Waals surface area (Å²) in [5, 5.41) is 0. The van der Waals surface area contributed by atoms with Crippen molar-refractivity contribution >= 4 is 5.78 Å². The third kappa shape index (κ3) is 3.78. The van der Waals surface area contributed by atoms with Crippen molar-refractivity contribution in [2.45, 2.75) is 106 Å². The summed E-state index contributed by atoms with van der Waals surface area (Å²) in [5.41, 5.74) is 0.955. The van der Waals surface area contributed by atoms with Gasteiger partial charge in [-0.15, -0.1) is 0 Å². The Labute approximate surface area is 193 Å². The second kappa shape index (κ2) is 8.64. The van der Waals surface area contributed by atoms with Crippen LogP contribution in [0.3, 0.4) is 0 Å². The van der Waals surface area contributed by atoms with E-state index in [2.05, 4.69) is 60.6 Å². The SMILES string of the molecule is CCC(/C=C/C(C)C1CCC2C3CCC4C(C)C(=O)CCC4(C)C3CCC12C)C(C)C. The quantitative estimate of drug-likeness (QED) is 0.404. The van der Waals surface area contributed by atoms with Gasteiger partial charge in [-0.1, -0.05) is 60.6 Å². The van der Waals surface area contributed by atoms with Gasteiger partial charge < -0.3 is 0 Å². The van der Waals surface area contributed by atoms with Crippen molar-refractivity contribution in [1.29, 1.82) is 0 Å². The first-order valence-corrected chi connectivity index (χ1v) is 13.8. The predicted octanol–water partition coefficient (Wildman–Crippen LogP) is 8.33. The van der Waals surface area contributed by atoms with Crippen molar-refractivity contribution in [3.63, 3.8) is 0 Å². The molecule has 0 heterocycles. The molecule has 4 aliphatic rings. The van der Waals surface area contributed by atoms with Crippen LogP contribution in [-0.2, 0) is 4.79 Å². The fourth-order valence-electron chi connectivity index (χ4n) is 9.71. The van der Waals surface area contributed by atoms with E-state index in [0.717, 1.165) is 41.9 Å². The zero-order valence-corrected chi connectivity index (χ0v) is 21.6. The first-order valence-electron chi connectivity index (χ1n) is 13.8. The molecule has 0 spiro atoms. The van der Waals surface area contributed by atoms with Crippen molar-refractivity contribution in [1.82, 2.24) is 0 Å². The minimum Gasteiger partial charge on any atom is -0.299 e. The highest BCUT2D eigenvalue weighted by molar-refractivity contribution is 5.82. The lowest BCUT2D eigenvalue weighted by Gasteiger charge is -2.61. The Morgan fingerprint density at radius 2 is 1.58 bits per heavy atom. The van der Waals surface area contributed by atoms with Crippen LogP contribution >= 0.6 is 0 Å². The molecule has 0 aromatic rings. The second-order valence-electron chi connectivity index (χ2n) is 13.1. The van der Waals surface area contributed by atoms with Gasteiger partial charge in [0.25, 0.3) is 0 Å². The lowest BCUT2D eigenvalue weighted by atomic mass is 9.43. The van der Waals surface area contributed by atoms with Crippen molar-refractivity contribution in [3.05, 3.63) is 12.2 Å². The van der Waals surface area contributed by atoms with E-state index < -0.39 is 0 Å². The Hall–Kier alpha value is -0.590. The average molecular weight is 427 g/mol. The Morgan fingerprint density at radius 1 is 0.903 bits per heavy atom. The maximum atomic E-state index is 12.5. The molecule has 1 nitrogen and oxygen atoms in total. The fraction of sp³-hybridized carbons (Fsp3) is 0.900. The van der Waals surface area contributed by atoms with Gasteiger partial charge in [-0.2, -0.15) is 0 Å². The fourth-order valence-corrected chi connectivity index (χ4v) is 9.71. The summed E-state index contributed by atoms with van der Waals surface area (Å²) in [5.74, 6) is 7.26. The molecular formula is C30H50O. The van der Waals surface area contributed by atoms with E-state index in [9.17, 15) is 4.79 Å². The molecule has 4 rings (SSSR count). The molecule has 0 amide bonds.